The van der Waals surface area contributed by atoms with Gasteiger partial charge in [-0.2, -0.15) is 0 Å². The Hall–Kier alpha value is -1.89. The van der Waals surface area contributed by atoms with Crippen molar-refractivity contribution in [1.29, 1.82) is 0 Å². The van der Waals surface area contributed by atoms with Gasteiger partial charge in [-0.1, -0.05) is 15.9 Å². The number of nitrogens with zero attached hydrogens (tertiary/aromatic N) is 1. The second kappa shape index (κ2) is 5.40. The molecule has 0 spiro atoms. The molecule has 0 aliphatic carbocycles. The lowest BCUT2D eigenvalue weighted by atomic mass is 10.2. The Labute approximate surface area is 114 Å². The van der Waals surface area contributed by atoms with Crippen LogP contribution in [0.3, 0.4) is 0 Å². The number of nitrogens with one attached hydrogen (secondary N) is 1. The van der Waals surface area contributed by atoms with E-state index in [0.29, 0.717) is 0 Å². The number of aromatic nitrogens is 1. The highest BCUT2D eigenvalue weighted by Gasteiger charge is 2.15. The molecular formula is C12H6BrF3N2O. The number of anilines is 1. The molecule has 1 N–H and O–H groups in total. The number of halogens is 4. The molecule has 1 amide bonds. The van der Waals surface area contributed by atoms with Crippen LogP contribution in [0.5, 0.6) is 0 Å². The average molecular weight is 331 g/mol. The number of carbonyl (C=O) groups is 1. The zero-order chi connectivity index (χ0) is 14.0. The molecule has 0 bridgehead atoms. The molecule has 2 aromatic rings. The summed E-state index contributed by atoms with van der Waals surface area (Å²) in [5, 5.41) is 2.05. The van der Waals surface area contributed by atoms with Crippen molar-refractivity contribution in [3.05, 3.63) is 58.1 Å². The van der Waals surface area contributed by atoms with Gasteiger partial charge in [-0.15, -0.1) is 0 Å². The van der Waals surface area contributed by atoms with E-state index in [1.807, 2.05) is 5.32 Å². The van der Waals surface area contributed by atoms with E-state index in [4.69, 9.17) is 0 Å². The number of amides is 1. The minimum Gasteiger partial charge on any atom is -0.316 e. The first-order valence-corrected chi connectivity index (χ1v) is 5.84. The van der Waals surface area contributed by atoms with Gasteiger partial charge in [-0.05, 0) is 24.3 Å². The summed E-state index contributed by atoms with van der Waals surface area (Å²) in [6, 6.07) is 4.16. The fraction of sp³-hybridized carbons (Fsp3) is 0. The lowest BCUT2D eigenvalue weighted by Crippen LogP contribution is -2.15. The predicted molar refractivity (Wildman–Crippen MR) is 66.2 cm³/mol. The van der Waals surface area contributed by atoms with Crippen molar-refractivity contribution in [3.8, 4) is 0 Å². The number of carbonyl (C=O) groups excluding carboxylic acids is 1. The van der Waals surface area contributed by atoms with Crippen LogP contribution in [0.25, 0.3) is 0 Å². The molecule has 1 heterocycles. The Kier molecular flexibility index (Phi) is 3.84. The predicted octanol–water partition coefficient (Wildman–Crippen LogP) is 3.51. The fourth-order valence-corrected chi connectivity index (χ4v) is 1.75. The maximum atomic E-state index is 13.5. The summed E-state index contributed by atoms with van der Waals surface area (Å²) >= 11 is 2.92. The van der Waals surface area contributed by atoms with Crippen molar-refractivity contribution in [2.24, 2.45) is 0 Å². The molecule has 0 aliphatic heterocycles. The van der Waals surface area contributed by atoms with Crippen molar-refractivity contribution in [2.75, 3.05) is 5.32 Å². The highest BCUT2D eigenvalue weighted by atomic mass is 79.9. The second-order valence-corrected chi connectivity index (χ2v) is 4.48. The molecule has 7 heteroatoms. The van der Waals surface area contributed by atoms with E-state index < -0.39 is 29.0 Å². The molecule has 2 rings (SSSR count). The molecule has 3 nitrogen and oxygen atoms in total. The molecule has 98 valence electrons. The van der Waals surface area contributed by atoms with Crippen LogP contribution in [-0.4, -0.2) is 10.9 Å². The van der Waals surface area contributed by atoms with Crippen LogP contribution in [0.1, 0.15) is 10.5 Å². The standard InChI is InChI=1S/C12H6BrF3N2O/c13-6-3-8(15)11(9(16)4-6)18-12(19)10-2-1-7(14)5-17-10/h1-5H,(H,18,19). The van der Waals surface area contributed by atoms with E-state index >= 15 is 0 Å². The molecular weight excluding hydrogens is 325 g/mol. The fourth-order valence-electron chi connectivity index (χ4n) is 1.35. The van der Waals surface area contributed by atoms with Gasteiger partial charge in [0, 0.05) is 4.47 Å². The van der Waals surface area contributed by atoms with Crippen LogP contribution >= 0.6 is 15.9 Å². The molecule has 1 aromatic heterocycles. The van der Waals surface area contributed by atoms with Crippen LogP contribution in [0.4, 0.5) is 18.9 Å². The van der Waals surface area contributed by atoms with Crippen molar-refractivity contribution in [1.82, 2.24) is 4.98 Å². The molecule has 0 aliphatic rings. The summed E-state index contributed by atoms with van der Waals surface area (Å²) in [5.74, 6) is -3.30. The normalized spacial score (nSPS) is 10.3. The van der Waals surface area contributed by atoms with Gasteiger partial charge in [0.25, 0.3) is 5.91 Å². The van der Waals surface area contributed by atoms with Crippen molar-refractivity contribution in [2.45, 2.75) is 0 Å². The van der Waals surface area contributed by atoms with Crippen LogP contribution in [-0.2, 0) is 0 Å². The highest BCUT2D eigenvalue weighted by molar-refractivity contribution is 9.10. The molecule has 0 saturated carbocycles. The van der Waals surface area contributed by atoms with Gasteiger partial charge in [0.15, 0.2) is 11.6 Å². The Morgan fingerprint density at radius 2 is 1.79 bits per heavy atom. The maximum Gasteiger partial charge on any atom is 0.274 e. The molecule has 19 heavy (non-hydrogen) atoms. The van der Waals surface area contributed by atoms with Crippen molar-refractivity contribution in [3.63, 3.8) is 0 Å². The molecule has 0 radical (unpaired) electrons. The van der Waals surface area contributed by atoms with E-state index in [9.17, 15) is 18.0 Å². The molecule has 0 fully saturated rings. The van der Waals surface area contributed by atoms with Gasteiger partial charge < -0.3 is 5.32 Å². The summed E-state index contributed by atoms with van der Waals surface area (Å²) in [6.45, 7) is 0. The van der Waals surface area contributed by atoms with Gasteiger partial charge in [0.1, 0.15) is 17.2 Å². The summed E-state index contributed by atoms with van der Waals surface area (Å²) in [6.07, 6.45) is 0.837. The molecule has 0 unspecified atom stereocenters. The van der Waals surface area contributed by atoms with Crippen molar-refractivity contribution >= 4 is 27.5 Å². The molecule has 0 saturated heterocycles. The van der Waals surface area contributed by atoms with E-state index in [-0.39, 0.29) is 10.2 Å². The monoisotopic (exact) mass is 330 g/mol. The first kappa shape index (κ1) is 13.5. The SMILES string of the molecule is O=C(Nc1c(F)cc(Br)cc1F)c1ccc(F)cn1. The van der Waals surface area contributed by atoms with Gasteiger partial charge in [-0.25, -0.2) is 18.2 Å². The maximum absolute atomic E-state index is 13.5. The largest absolute Gasteiger partial charge is 0.316 e. The van der Waals surface area contributed by atoms with Crippen LogP contribution in [0.2, 0.25) is 0 Å². The number of rotatable bonds is 2. The smallest absolute Gasteiger partial charge is 0.274 e. The number of benzene rings is 1. The minimum absolute atomic E-state index is 0.150. The van der Waals surface area contributed by atoms with Gasteiger partial charge >= 0.3 is 0 Å². The number of pyridine rings is 1. The second-order valence-electron chi connectivity index (χ2n) is 3.56. The summed E-state index contributed by atoms with van der Waals surface area (Å²) in [7, 11) is 0. The van der Waals surface area contributed by atoms with E-state index in [1.54, 1.807) is 0 Å². The van der Waals surface area contributed by atoms with Gasteiger partial charge in [0.05, 0.1) is 6.20 Å². The van der Waals surface area contributed by atoms with Crippen LogP contribution in [0.15, 0.2) is 34.9 Å². The van der Waals surface area contributed by atoms with Crippen LogP contribution in [0, 0.1) is 17.5 Å². The summed E-state index contributed by atoms with van der Waals surface area (Å²) in [5.41, 5.74) is -0.734. The number of hydrogen-bond donors (Lipinski definition) is 1. The first-order valence-electron chi connectivity index (χ1n) is 5.05. The van der Waals surface area contributed by atoms with Gasteiger partial charge in [-0.3, -0.25) is 4.79 Å². The minimum atomic E-state index is -0.928. The third-order valence-electron chi connectivity index (χ3n) is 2.21. The Morgan fingerprint density at radius 1 is 1.16 bits per heavy atom. The summed E-state index contributed by atoms with van der Waals surface area (Å²) < 4.78 is 39.8. The Morgan fingerprint density at radius 3 is 2.32 bits per heavy atom. The zero-order valence-electron chi connectivity index (χ0n) is 9.25. The average Bonchev–Trinajstić information content (AvgIpc) is 2.34. The molecule has 0 atom stereocenters. The van der Waals surface area contributed by atoms with Crippen LogP contribution < -0.4 is 5.32 Å². The Bertz CT molecular complexity index is 608. The summed E-state index contributed by atoms with van der Waals surface area (Å²) in [4.78, 5) is 15.2. The van der Waals surface area contributed by atoms with Crippen molar-refractivity contribution < 1.29 is 18.0 Å². The Balaban J connectivity index is 2.26. The lowest BCUT2D eigenvalue weighted by molar-refractivity contribution is 0.102. The first-order chi connectivity index (χ1) is 8.97. The topological polar surface area (TPSA) is 42.0 Å². The quantitative estimate of drug-likeness (QED) is 0.915. The van der Waals surface area contributed by atoms with E-state index in [1.165, 1.54) is 0 Å². The third-order valence-corrected chi connectivity index (χ3v) is 2.66. The van der Waals surface area contributed by atoms with Gasteiger partial charge in [0.2, 0.25) is 0 Å². The highest BCUT2D eigenvalue weighted by Crippen LogP contribution is 2.24. The lowest BCUT2D eigenvalue weighted by Gasteiger charge is -2.07. The van der Waals surface area contributed by atoms with E-state index in [0.717, 1.165) is 30.5 Å². The third kappa shape index (κ3) is 3.11. The zero-order valence-corrected chi connectivity index (χ0v) is 10.8. The number of hydrogen-bond acceptors (Lipinski definition) is 2. The molecule has 1 aromatic carbocycles. The van der Waals surface area contributed by atoms with E-state index in [2.05, 4.69) is 20.9 Å².